The van der Waals surface area contributed by atoms with Gasteiger partial charge in [0.15, 0.2) is 0 Å². The Hall–Kier alpha value is -1.14. The molecule has 0 aliphatic carbocycles. The van der Waals surface area contributed by atoms with Gasteiger partial charge in [-0.25, -0.2) is 4.79 Å². The monoisotopic (exact) mass is 200 g/mol. The molecule has 5 N–H and O–H groups in total. The summed E-state index contributed by atoms with van der Waals surface area (Å²) in [5.41, 5.74) is 1.66. The van der Waals surface area contributed by atoms with E-state index in [4.69, 9.17) is 5.84 Å². The van der Waals surface area contributed by atoms with Crippen molar-refractivity contribution in [2.75, 3.05) is 6.54 Å². The van der Waals surface area contributed by atoms with E-state index in [0.717, 1.165) is 0 Å². The standard InChI is InChI=1S/C8H16N4O2/c1-5(2)8(3-4-10-9)6(13)11-7(14)12-8/h5,10H,3-4,9H2,1-2H3,(H2,11,12,13,14). The molecule has 1 heterocycles. The average molecular weight is 200 g/mol. The predicted molar refractivity (Wildman–Crippen MR) is 51.1 cm³/mol. The van der Waals surface area contributed by atoms with Crippen LogP contribution in [0, 0.1) is 5.92 Å². The molecule has 1 aliphatic heterocycles. The summed E-state index contributed by atoms with van der Waals surface area (Å²) in [6.45, 7) is 4.26. The number of carbonyl (C=O) groups is 2. The highest BCUT2D eigenvalue weighted by atomic mass is 16.2. The zero-order valence-electron chi connectivity index (χ0n) is 8.39. The van der Waals surface area contributed by atoms with E-state index in [2.05, 4.69) is 16.1 Å². The van der Waals surface area contributed by atoms with Crippen molar-refractivity contribution >= 4 is 11.9 Å². The Morgan fingerprint density at radius 2 is 2.14 bits per heavy atom. The maximum Gasteiger partial charge on any atom is 0.322 e. The molecule has 14 heavy (non-hydrogen) atoms. The fourth-order valence-electron chi connectivity index (χ4n) is 1.65. The molecule has 1 unspecified atom stereocenters. The van der Waals surface area contributed by atoms with Crippen molar-refractivity contribution in [1.29, 1.82) is 0 Å². The predicted octanol–water partition coefficient (Wildman–Crippen LogP) is -0.926. The highest BCUT2D eigenvalue weighted by Crippen LogP contribution is 2.24. The average Bonchev–Trinajstić information content (AvgIpc) is 2.39. The fourth-order valence-corrected chi connectivity index (χ4v) is 1.65. The summed E-state index contributed by atoms with van der Waals surface area (Å²) in [5, 5.41) is 4.90. The van der Waals surface area contributed by atoms with Crippen molar-refractivity contribution in [3.8, 4) is 0 Å². The van der Waals surface area contributed by atoms with Gasteiger partial charge in [-0.2, -0.15) is 0 Å². The van der Waals surface area contributed by atoms with Gasteiger partial charge >= 0.3 is 6.03 Å². The van der Waals surface area contributed by atoms with Gasteiger partial charge in [0.2, 0.25) is 0 Å². The second-order valence-electron chi connectivity index (χ2n) is 3.74. The number of amides is 3. The van der Waals surface area contributed by atoms with Crippen molar-refractivity contribution in [2.45, 2.75) is 25.8 Å². The Morgan fingerprint density at radius 1 is 1.50 bits per heavy atom. The third kappa shape index (κ3) is 1.71. The third-order valence-corrected chi connectivity index (χ3v) is 2.62. The molecular weight excluding hydrogens is 184 g/mol. The van der Waals surface area contributed by atoms with Crippen LogP contribution in [-0.2, 0) is 4.79 Å². The first-order chi connectivity index (χ1) is 6.53. The summed E-state index contributed by atoms with van der Waals surface area (Å²) >= 11 is 0. The van der Waals surface area contributed by atoms with Gasteiger partial charge in [0.25, 0.3) is 5.91 Å². The summed E-state index contributed by atoms with van der Waals surface area (Å²) < 4.78 is 0. The topological polar surface area (TPSA) is 96.2 Å². The Labute approximate surface area is 82.6 Å². The summed E-state index contributed by atoms with van der Waals surface area (Å²) in [4.78, 5) is 22.6. The van der Waals surface area contributed by atoms with Gasteiger partial charge in [-0.3, -0.25) is 21.4 Å². The van der Waals surface area contributed by atoms with Crippen LogP contribution >= 0.6 is 0 Å². The van der Waals surface area contributed by atoms with Crippen LogP contribution in [0.2, 0.25) is 0 Å². The lowest BCUT2D eigenvalue weighted by atomic mass is 9.83. The first kappa shape index (κ1) is 10.9. The van der Waals surface area contributed by atoms with E-state index in [-0.39, 0.29) is 11.8 Å². The Bertz CT molecular complexity index is 254. The molecule has 6 nitrogen and oxygen atoms in total. The van der Waals surface area contributed by atoms with Gasteiger partial charge in [-0.05, 0) is 12.3 Å². The molecule has 0 bridgehead atoms. The lowest BCUT2D eigenvalue weighted by molar-refractivity contribution is -0.125. The number of nitrogens with one attached hydrogen (secondary N) is 3. The first-order valence-corrected chi connectivity index (χ1v) is 4.60. The number of nitrogens with two attached hydrogens (primary N) is 1. The van der Waals surface area contributed by atoms with Crippen molar-refractivity contribution in [3.63, 3.8) is 0 Å². The Morgan fingerprint density at radius 3 is 2.50 bits per heavy atom. The lowest BCUT2D eigenvalue weighted by Gasteiger charge is -2.29. The second kappa shape index (κ2) is 3.93. The SMILES string of the molecule is CC(C)C1(CCNN)NC(=O)NC1=O. The highest BCUT2D eigenvalue weighted by Gasteiger charge is 2.47. The van der Waals surface area contributed by atoms with E-state index in [0.29, 0.717) is 13.0 Å². The summed E-state index contributed by atoms with van der Waals surface area (Å²) in [5.74, 6) is 4.91. The maximum atomic E-state index is 11.6. The van der Waals surface area contributed by atoms with Gasteiger partial charge in [0.1, 0.15) is 5.54 Å². The van der Waals surface area contributed by atoms with Gasteiger partial charge in [-0.1, -0.05) is 13.8 Å². The zero-order chi connectivity index (χ0) is 10.8. The number of urea groups is 1. The van der Waals surface area contributed by atoms with Crippen molar-refractivity contribution in [2.24, 2.45) is 11.8 Å². The molecule has 3 amide bonds. The minimum absolute atomic E-state index is 0.0299. The van der Waals surface area contributed by atoms with Crippen LogP contribution in [0.25, 0.3) is 0 Å². The summed E-state index contributed by atoms with van der Waals surface area (Å²) in [6.07, 6.45) is 0.485. The molecule has 6 heteroatoms. The normalized spacial score (nSPS) is 26.6. The zero-order valence-corrected chi connectivity index (χ0v) is 8.39. The molecular formula is C8H16N4O2. The van der Waals surface area contributed by atoms with E-state index in [1.54, 1.807) is 0 Å². The maximum absolute atomic E-state index is 11.6. The van der Waals surface area contributed by atoms with Crippen LogP contribution < -0.4 is 21.9 Å². The number of hydrazine groups is 1. The number of hydrogen-bond donors (Lipinski definition) is 4. The van der Waals surface area contributed by atoms with Crippen molar-refractivity contribution in [3.05, 3.63) is 0 Å². The van der Waals surface area contributed by atoms with Crippen molar-refractivity contribution in [1.82, 2.24) is 16.1 Å². The van der Waals surface area contributed by atoms with Gasteiger partial charge < -0.3 is 5.32 Å². The summed E-state index contributed by atoms with van der Waals surface area (Å²) in [7, 11) is 0. The van der Waals surface area contributed by atoms with Crippen LogP contribution in [0.15, 0.2) is 0 Å². The van der Waals surface area contributed by atoms with E-state index in [9.17, 15) is 9.59 Å². The molecule has 0 saturated carbocycles. The largest absolute Gasteiger partial charge is 0.323 e. The Kier molecular flexibility index (Phi) is 3.07. The van der Waals surface area contributed by atoms with Crippen LogP contribution in [0.5, 0.6) is 0 Å². The lowest BCUT2D eigenvalue weighted by Crippen LogP contribution is -2.53. The minimum atomic E-state index is -0.816. The minimum Gasteiger partial charge on any atom is -0.323 e. The molecule has 0 aromatic heterocycles. The quantitative estimate of drug-likeness (QED) is 0.268. The smallest absolute Gasteiger partial charge is 0.322 e. The van der Waals surface area contributed by atoms with Crippen LogP contribution in [0.1, 0.15) is 20.3 Å². The molecule has 0 aromatic rings. The third-order valence-electron chi connectivity index (χ3n) is 2.62. The van der Waals surface area contributed by atoms with Gasteiger partial charge in [0.05, 0.1) is 0 Å². The van der Waals surface area contributed by atoms with Crippen LogP contribution in [0.3, 0.4) is 0 Å². The van der Waals surface area contributed by atoms with E-state index >= 15 is 0 Å². The molecule has 0 spiro atoms. The highest BCUT2D eigenvalue weighted by molar-refractivity contribution is 6.07. The molecule has 1 saturated heterocycles. The van der Waals surface area contributed by atoms with Crippen LogP contribution in [-0.4, -0.2) is 24.0 Å². The molecule has 0 radical (unpaired) electrons. The summed E-state index contributed by atoms with van der Waals surface area (Å²) in [6, 6.07) is -0.430. The first-order valence-electron chi connectivity index (χ1n) is 4.60. The molecule has 1 atom stereocenters. The van der Waals surface area contributed by atoms with E-state index in [1.807, 2.05) is 13.8 Å². The molecule has 1 fully saturated rings. The number of imide groups is 1. The fraction of sp³-hybridized carbons (Fsp3) is 0.750. The molecule has 1 aliphatic rings. The molecule has 0 aromatic carbocycles. The Balaban J connectivity index is 2.81. The number of carbonyl (C=O) groups excluding carboxylic acids is 2. The molecule has 80 valence electrons. The second-order valence-corrected chi connectivity index (χ2v) is 3.74. The number of rotatable bonds is 4. The molecule has 1 rings (SSSR count). The van der Waals surface area contributed by atoms with Crippen LogP contribution in [0.4, 0.5) is 4.79 Å². The van der Waals surface area contributed by atoms with Crippen molar-refractivity contribution < 1.29 is 9.59 Å². The van der Waals surface area contributed by atoms with E-state index < -0.39 is 11.6 Å². The van der Waals surface area contributed by atoms with E-state index in [1.165, 1.54) is 0 Å². The number of hydrogen-bond acceptors (Lipinski definition) is 4. The van der Waals surface area contributed by atoms with Gasteiger partial charge in [-0.15, -0.1) is 0 Å². The van der Waals surface area contributed by atoms with Gasteiger partial charge in [0, 0.05) is 6.54 Å².